The molecule has 0 radical (unpaired) electrons. The third-order valence-corrected chi connectivity index (χ3v) is 2.46. The molecule has 2 rings (SSSR count). The predicted molar refractivity (Wildman–Crippen MR) is 77.7 cm³/mol. The van der Waals surface area contributed by atoms with Crippen molar-refractivity contribution >= 4 is 17.8 Å². The zero-order valence-corrected chi connectivity index (χ0v) is 11.9. The summed E-state index contributed by atoms with van der Waals surface area (Å²) < 4.78 is 1.62. The van der Waals surface area contributed by atoms with Gasteiger partial charge in [-0.2, -0.15) is 15.0 Å². The van der Waals surface area contributed by atoms with E-state index >= 15 is 0 Å². The van der Waals surface area contributed by atoms with Gasteiger partial charge in [-0.25, -0.2) is 4.98 Å². The van der Waals surface area contributed by atoms with E-state index in [0.717, 1.165) is 0 Å². The first-order valence-electron chi connectivity index (χ1n) is 6.57. The van der Waals surface area contributed by atoms with E-state index in [4.69, 9.17) is 5.73 Å². The molecular formula is C12H18N8O. The molecule has 0 aliphatic heterocycles. The lowest BCUT2D eigenvalue weighted by atomic mass is 10.3. The maximum Gasteiger partial charge on any atom is 0.241 e. The van der Waals surface area contributed by atoms with Crippen molar-refractivity contribution in [3.63, 3.8) is 0 Å². The van der Waals surface area contributed by atoms with Crippen LogP contribution in [-0.2, 0) is 4.79 Å². The largest absolute Gasteiger partial charge is 0.368 e. The molecule has 9 nitrogen and oxygen atoms in total. The Hall–Kier alpha value is -2.71. The number of imidazole rings is 1. The molecule has 0 aliphatic rings. The minimum Gasteiger partial charge on any atom is -0.368 e. The summed E-state index contributed by atoms with van der Waals surface area (Å²) in [6.07, 6.45) is 5.21. The van der Waals surface area contributed by atoms with Crippen molar-refractivity contribution in [2.24, 2.45) is 0 Å². The van der Waals surface area contributed by atoms with Crippen LogP contribution in [0.25, 0.3) is 5.95 Å². The van der Waals surface area contributed by atoms with Gasteiger partial charge >= 0.3 is 0 Å². The second-order valence-corrected chi connectivity index (χ2v) is 4.69. The molecule has 2 aromatic rings. The third-order valence-electron chi connectivity index (χ3n) is 2.46. The van der Waals surface area contributed by atoms with E-state index in [1.54, 1.807) is 23.3 Å². The van der Waals surface area contributed by atoms with E-state index in [0.29, 0.717) is 24.9 Å². The fourth-order valence-corrected chi connectivity index (χ4v) is 1.63. The fraction of sp³-hybridized carbons (Fsp3) is 0.417. The van der Waals surface area contributed by atoms with E-state index in [9.17, 15) is 4.79 Å². The molecule has 0 unspecified atom stereocenters. The van der Waals surface area contributed by atoms with Gasteiger partial charge in [0.15, 0.2) is 0 Å². The molecule has 0 bridgehead atoms. The molecule has 0 fully saturated rings. The summed E-state index contributed by atoms with van der Waals surface area (Å²) in [4.78, 5) is 27.7. The molecule has 4 N–H and O–H groups in total. The Balaban J connectivity index is 1.96. The predicted octanol–water partition coefficient (Wildman–Crippen LogP) is -0.0339. The highest BCUT2D eigenvalue weighted by molar-refractivity contribution is 5.76. The summed E-state index contributed by atoms with van der Waals surface area (Å²) in [5, 5.41) is 5.76. The number of nitrogen functional groups attached to an aromatic ring is 1. The smallest absolute Gasteiger partial charge is 0.241 e. The lowest BCUT2D eigenvalue weighted by molar-refractivity contribution is -0.121. The van der Waals surface area contributed by atoms with Crippen molar-refractivity contribution in [1.29, 1.82) is 0 Å². The van der Waals surface area contributed by atoms with Crippen LogP contribution in [0, 0.1) is 0 Å². The molecule has 112 valence electrons. The molecule has 0 saturated heterocycles. The zero-order chi connectivity index (χ0) is 15.2. The first-order chi connectivity index (χ1) is 10.0. The fourth-order valence-electron chi connectivity index (χ4n) is 1.63. The van der Waals surface area contributed by atoms with Gasteiger partial charge in [-0.05, 0) is 13.8 Å². The van der Waals surface area contributed by atoms with E-state index in [-0.39, 0.29) is 17.9 Å². The summed E-state index contributed by atoms with van der Waals surface area (Å²) in [5.41, 5.74) is 5.65. The maximum atomic E-state index is 11.5. The van der Waals surface area contributed by atoms with Crippen LogP contribution in [0.15, 0.2) is 18.7 Å². The molecular weight excluding hydrogens is 272 g/mol. The van der Waals surface area contributed by atoms with Gasteiger partial charge in [0.1, 0.15) is 6.33 Å². The Morgan fingerprint density at radius 2 is 2.19 bits per heavy atom. The van der Waals surface area contributed by atoms with E-state index in [1.165, 1.54) is 0 Å². The van der Waals surface area contributed by atoms with Gasteiger partial charge in [0.2, 0.25) is 23.8 Å². The van der Waals surface area contributed by atoms with Crippen LogP contribution in [0.5, 0.6) is 0 Å². The Bertz CT molecular complexity index is 595. The SMILES string of the molecule is CC(C)NC(=O)CCNc1nc(N)nc(-n2ccnc2)n1. The van der Waals surface area contributed by atoms with E-state index in [2.05, 4.69) is 30.6 Å². The van der Waals surface area contributed by atoms with Crippen LogP contribution in [0.2, 0.25) is 0 Å². The summed E-state index contributed by atoms with van der Waals surface area (Å²) in [6, 6.07) is 0.123. The first-order valence-corrected chi connectivity index (χ1v) is 6.57. The number of nitrogens with two attached hydrogens (primary N) is 1. The van der Waals surface area contributed by atoms with Crippen molar-refractivity contribution in [2.75, 3.05) is 17.6 Å². The second kappa shape index (κ2) is 6.64. The average molecular weight is 290 g/mol. The number of carbonyl (C=O) groups excluding carboxylic acids is 1. The number of anilines is 2. The highest BCUT2D eigenvalue weighted by atomic mass is 16.1. The molecule has 0 saturated carbocycles. The molecule has 0 aromatic carbocycles. The Labute approximate surface area is 122 Å². The lowest BCUT2D eigenvalue weighted by Gasteiger charge is -2.09. The topological polar surface area (TPSA) is 124 Å². The van der Waals surface area contributed by atoms with E-state index < -0.39 is 0 Å². The molecule has 0 aliphatic carbocycles. The molecule has 1 amide bonds. The van der Waals surface area contributed by atoms with Crippen LogP contribution in [-0.4, -0.2) is 43.0 Å². The number of carbonyl (C=O) groups is 1. The second-order valence-electron chi connectivity index (χ2n) is 4.69. The average Bonchev–Trinajstić information content (AvgIpc) is 2.91. The Morgan fingerprint density at radius 1 is 1.38 bits per heavy atom. The van der Waals surface area contributed by atoms with Gasteiger partial charge in [0.25, 0.3) is 0 Å². The highest BCUT2D eigenvalue weighted by Crippen LogP contribution is 2.06. The number of hydrogen-bond acceptors (Lipinski definition) is 7. The summed E-state index contributed by atoms with van der Waals surface area (Å²) in [7, 11) is 0. The van der Waals surface area contributed by atoms with Crippen LogP contribution in [0.4, 0.5) is 11.9 Å². The summed E-state index contributed by atoms with van der Waals surface area (Å²) in [5.74, 6) is 0.759. The number of rotatable bonds is 6. The number of nitrogens with one attached hydrogen (secondary N) is 2. The molecule has 21 heavy (non-hydrogen) atoms. The van der Waals surface area contributed by atoms with Gasteiger partial charge < -0.3 is 16.4 Å². The van der Waals surface area contributed by atoms with Gasteiger partial charge in [-0.15, -0.1) is 0 Å². The quantitative estimate of drug-likeness (QED) is 0.682. The monoisotopic (exact) mass is 290 g/mol. The molecule has 2 aromatic heterocycles. The molecule has 9 heteroatoms. The minimum atomic E-state index is -0.0330. The molecule has 0 atom stereocenters. The third kappa shape index (κ3) is 4.41. The van der Waals surface area contributed by atoms with Gasteiger partial charge in [-0.1, -0.05) is 0 Å². The van der Waals surface area contributed by atoms with E-state index in [1.807, 2.05) is 13.8 Å². The highest BCUT2D eigenvalue weighted by Gasteiger charge is 2.07. The van der Waals surface area contributed by atoms with Crippen molar-refractivity contribution in [3.8, 4) is 5.95 Å². The van der Waals surface area contributed by atoms with Gasteiger partial charge in [0, 0.05) is 31.4 Å². The lowest BCUT2D eigenvalue weighted by Crippen LogP contribution is -2.31. The summed E-state index contributed by atoms with van der Waals surface area (Å²) in [6.45, 7) is 4.23. The molecule has 2 heterocycles. The van der Waals surface area contributed by atoms with Crippen LogP contribution in [0.1, 0.15) is 20.3 Å². The zero-order valence-electron chi connectivity index (χ0n) is 11.9. The maximum absolute atomic E-state index is 11.5. The number of nitrogens with zero attached hydrogens (tertiary/aromatic N) is 5. The van der Waals surface area contributed by atoms with Crippen LogP contribution >= 0.6 is 0 Å². The van der Waals surface area contributed by atoms with Gasteiger partial charge in [0.05, 0.1) is 0 Å². The Morgan fingerprint density at radius 3 is 2.86 bits per heavy atom. The van der Waals surface area contributed by atoms with Crippen LogP contribution in [0.3, 0.4) is 0 Å². The van der Waals surface area contributed by atoms with Crippen molar-refractivity contribution < 1.29 is 4.79 Å². The van der Waals surface area contributed by atoms with Gasteiger partial charge in [-0.3, -0.25) is 9.36 Å². The van der Waals surface area contributed by atoms with Crippen molar-refractivity contribution in [2.45, 2.75) is 26.3 Å². The molecule has 0 spiro atoms. The number of hydrogen-bond donors (Lipinski definition) is 3. The number of amides is 1. The van der Waals surface area contributed by atoms with Crippen molar-refractivity contribution in [1.82, 2.24) is 29.8 Å². The van der Waals surface area contributed by atoms with Crippen LogP contribution < -0.4 is 16.4 Å². The standard InChI is InChI=1S/C12H18N8O/c1-8(2)16-9(21)3-4-15-11-17-10(13)18-12(19-11)20-6-5-14-7-20/h5-8H,3-4H2,1-2H3,(H,16,21)(H3,13,15,17,18,19). The normalized spacial score (nSPS) is 10.6. The first kappa shape index (κ1) is 14.7. The summed E-state index contributed by atoms with van der Waals surface area (Å²) >= 11 is 0. The number of aromatic nitrogens is 5. The Kier molecular flexibility index (Phi) is 4.64. The minimum absolute atomic E-state index is 0.0330. The van der Waals surface area contributed by atoms with Crippen molar-refractivity contribution in [3.05, 3.63) is 18.7 Å².